The van der Waals surface area contributed by atoms with Crippen molar-refractivity contribution in [3.63, 3.8) is 0 Å². The van der Waals surface area contributed by atoms with Gasteiger partial charge in [-0.25, -0.2) is 0 Å². The number of carbonyl (C=O) groups is 1. The number of hydrogen-bond acceptors (Lipinski definition) is 5. The van der Waals surface area contributed by atoms with Crippen molar-refractivity contribution in [2.24, 2.45) is 0 Å². The van der Waals surface area contributed by atoms with Gasteiger partial charge in [0.1, 0.15) is 0 Å². The third-order valence-electron chi connectivity index (χ3n) is 4.15. The van der Waals surface area contributed by atoms with Crippen LogP contribution in [0.2, 0.25) is 0 Å². The SMILES string of the molecule is CC(C)(C)n1ncc2c1CCC[C@@H]2NC(=O)c1csc([N+](=O)[O-])c1. The van der Waals surface area contributed by atoms with Gasteiger partial charge >= 0.3 is 5.00 Å². The van der Waals surface area contributed by atoms with Crippen molar-refractivity contribution in [2.45, 2.75) is 51.6 Å². The Kier molecular flexibility index (Phi) is 4.16. The lowest BCUT2D eigenvalue weighted by Crippen LogP contribution is -2.32. The number of aromatic nitrogens is 2. The molecule has 0 fully saturated rings. The Hall–Kier alpha value is -2.22. The van der Waals surface area contributed by atoms with Gasteiger partial charge in [-0.15, -0.1) is 0 Å². The lowest BCUT2D eigenvalue weighted by atomic mass is 9.92. The number of carbonyl (C=O) groups excluding carboxylic acids is 1. The standard InChI is InChI=1S/C16H20N4O3S/c1-16(2,3)19-13-6-4-5-12(11(13)8-17-19)18-15(21)10-7-14(20(22)23)24-9-10/h7-9,12H,4-6H2,1-3H3,(H,18,21)/t12-/m0/s1. The molecule has 2 aromatic heterocycles. The van der Waals surface area contributed by atoms with Gasteiger partial charge < -0.3 is 5.32 Å². The Labute approximate surface area is 143 Å². The molecule has 8 heteroatoms. The molecule has 24 heavy (non-hydrogen) atoms. The number of nitro groups is 1. The first-order valence-electron chi connectivity index (χ1n) is 7.88. The molecule has 0 radical (unpaired) electrons. The average Bonchev–Trinajstić information content (AvgIpc) is 3.14. The second-order valence-corrected chi connectivity index (χ2v) is 7.87. The van der Waals surface area contributed by atoms with Crippen LogP contribution < -0.4 is 5.32 Å². The van der Waals surface area contributed by atoms with Gasteiger partial charge in [0, 0.05) is 22.7 Å². The molecule has 128 valence electrons. The highest BCUT2D eigenvalue weighted by atomic mass is 32.1. The van der Waals surface area contributed by atoms with Crippen LogP contribution in [-0.4, -0.2) is 20.6 Å². The van der Waals surface area contributed by atoms with E-state index in [4.69, 9.17) is 0 Å². The zero-order valence-corrected chi connectivity index (χ0v) is 14.7. The normalized spacial score (nSPS) is 17.4. The van der Waals surface area contributed by atoms with E-state index in [0.29, 0.717) is 5.56 Å². The van der Waals surface area contributed by atoms with Crippen molar-refractivity contribution < 1.29 is 9.72 Å². The van der Waals surface area contributed by atoms with Gasteiger partial charge in [0.25, 0.3) is 5.91 Å². The van der Waals surface area contributed by atoms with Crippen molar-refractivity contribution >= 4 is 22.2 Å². The van der Waals surface area contributed by atoms with Gasteiger partial charge in [0.05, 0.1) is 28.3 Å². The molecule has 1 aliphatic carbocycles. The van der Waals surface area contributed by atoms with Gasteiger partial charge in [0.15, 0.2) is 0 Å². The summed E-state index contributed by atoms with van der Waals surface area (Å²) in [5, 5.41) is 19.8. The van der Waals surface area contributed by atoms with Crippen molar-refractivity contribution in [2.75, 3.05) is 0 Å². The predicted octanol–water partition coefficient (Wildman–Crippen LogP) is 3.42. The first kappa shape index (κ1) is 16.6. The summed E-state index contributed by atoms with van der Waals surface area (Å²) < 4.78 is 2.02. The molecule has 3 rings (SSSR count). The van der Waals surface area contributed by atoms with E-state index in [1.807, 2.05) is 10.9 Å². The number of fused-ring (bicyclic) bond motifs is 1. The van der Waals surface area contributed by atoms with Crippen LogP contribution in [0.5, 0.6) is 0 Å². The molecule has 1 aliphatic rings. The fraction of sp³-hybridized carbons (Fsp3) is 0.500. The van der Waals surface area contributed by atoms with Crippen molar-refractivity contribution in [1.29, 1.82) is 0 Å². The molecule has 0 saturated carbocycles. The molecule has 0 saturated heterocycles. The second kappa shape index (κ2) is 6.01. The van der Waals surface area contributed by atoms with Crippen LogP contribution >= 0.6 is 11.3 Å². The third kappa shape index (κ3) is 3.06. The smallest absolute Gasteiger partial charge is 0.324 e. The van der Waals surface area contributed by atoms with Crippen molar-refractivity contribution in [3.8, 4) is 0 Å². The first-order valence-corrected chi connectivity index (χ1v) is 8.76. The Balaban J connectivity index is 1.81. The highest BCUT2D eigenvalue weighted by molar-refractivity contribution is 7.13. The second-order valence-electron chi connectivity index (χ2n) is 6.98. The lowest BCUT2D eigenvalue weighted by Gasteiger charge is -2.28. The van der Waals surface area contributed by atoms with Gasteiger partial charge in [0.2, 0.25) is 0 Å². The number of rotatable bonds is 3. The summed E-state index contributed by atoms with van der Waals surface area (Å²) in [5.41, 5.74) is 2.44. The summed E-state index contributed by atoms with van der Waals surface area (Å²) in [5.74, 6) is -0.277. The van der Waals surface area contributed by atoms with E-state index >= 15 is 0 Å². The van der Waals surface area contributed by atoms with E-state index < -0.39 is 4.92 Å². The first-order chi connectivity index (χ1) is 11.3. The number of amides is 1. The van der Waals surface area contributed by atoms with E-state index in [1.165, 1.54) is 11.4 Å². The third-order valence-corrected chi connectivity index (χ3v) is 5.03. The van der Waals surface area contributed by atoms with E-state index in [0.717, 1.165) is 41.9 Å². The number of hydrogen-bond donors (Lipinski definition) is 1. The van der Waals surface area contributed by atoms with E-state index in [-0.39, 0.29) is 22.5 Å². The summed E-state index contributed by atoms with van der Waals surface area (Å²) in [4.78, 5) is 22.7. The van der Waals surface area contributed by atoms with Gasteiger partial charge in [-0.1, -0.05) is 11.3 Å². The van der Waals surface area contributed by atoms with Crippen molar-refractivity contribution in [1.82, 2.24) is 15.1 Å². The molecule has 0 spiro atoms. The lowest BCUT2D eigenvalue weighted by molar-refractivity contribution is -0.380. The van der Waals surface area contributed by atoms with Crippen LogP contribution in [-0.2, 0) is 12.0 Å². The van der Waals surface area contributed by atoms with Gasteiger partial charge in [-0.05, 0) is 40.0 Å². The molecule has 7 nitrogen and oxygen atoms in total. The van der Waals surface area contributed by atoms with E-state index in [9.17, 15) is 14.9 Å². The Morgan fingerprint density at radius 1 is 1.50 bits per heavy atom. The molecule has 0 aliphatic heterocycles. The Bertz CT molecular complexity index is 788. The minimum Gasteiger partial charge on any atom is -0.345 e. The quantitative estimate of drug-likeness (QED) is 0.680. The fourth-order valence-corrected chi connectivity index (χ4v) is 3.77. The molecule has 0 aromatic carbocycles. The topological polar surface area (TPSA) is 90.1 Å². The van der Waals surface area contributed by atoms with E-state index in [1.54, 1.807) is 0 Å². The maximum atomic E-state index is 12.4. The zero-order chi connectivity index (χ0) is 17.5. The highest BCUT2D eigenvalue weighted by Crippen LogP contribution is 2.33. The number of thiophene rings is 1. The molecule has 1 N–H and O–H groups in total. The summed E-state index contributed by atoms with van der Waals surface area (Å²) in [6.45, 7) is 6.31. The largest absolute Gasteiger partial charge is 0.345 e. The van der Waals surface area contributed by atoms with Gasteiger partial charge in [-0.2, -0.15) is 5.10 Å². The summed E-state index contributed by atoms with van der Waals surface area (Å²) in [7, 11) is 0. The monoisotopic (exact) mass is 348 g/mol. The van der Waals surface area contributed by atoms with Crippen molar-refractivity contribution in [3.05, 3.63) is 44.6 Å². The van der Waals surface area contributed by atoms with E-state index in [2.05, 4.69) is 31.2 Å². The molecule has 2 aromatic rings. The van der Waals surface area contributed by atoms with Gasteiger partial charge in [-0.3, -0.25) is 19.6 Å². The predicted molar refractivity (Wildman–Crippen MR) is 91.3 cm³/mol. The van der Waals surface area contributed by atoms with Crippen LogP contribution in [0.1, 0.15) is 61.3 Å². The minimum atomic E-state index is -0.479. The molecule has 0 bridgehead atoms. The van der Waals surface area contributed by atoms with Crippen LogP contribution in [0.25, 0.3) is 0 Å². The molecule has 1 amide bonds. The van der Waals surface area contributed by atoms with Crippen LogP contribution in [0.3, 0.4) is 0 Å². The zero-order valence-electron chi connectivity index (χ0n) is 13.9. The van der Waals surface area contributed by atoms with Crippen LogP contribution in [0.15, 0.2) is 17.6 Å². The average molecular weight is 348 g/mol. The summed E-state index contributed by atoms with van der Waals surface area (Å²) in [6, 6.07) is 1.22. The maximum absolute atomic E-state index is 12.4. The number of nitrogens with one attached hydrogen (secondary N) is 1. The molecular weight excluding hydrogens is 328 g/mol. The molecular formula is C16H20N4O3S. The Morgan fingerprint density at radius 3 is 2.88 bits per heavy atom. The molecule has 0 unspecified atom stereocenters. The Morgan fingerprint density at radius 2 is 2.25 bits per heavy atom. The van der Waals surface area contributed by atoms with Crippen LogP contribution in [0.4, 0.5) is 5.00 Å². The number of nitrogens with zero attached hydrogens (tertiary/aromatic N) is 3. The molecule has 1 atom stereocenters. The maximum Gasteiger partial charge on any atom is 0.324 e. The fourth-order valence-electron chi connectivity index (χ4n) is 3.07. The summed E-state index contributed by atoms with van der Waals surface area (Å²) in [6.07, 6.45) is 4.61. The summed E-state index contributed by atoms with van der Waals surface area (Å²) >= 11 is 0.965. The minimum absolute atomic E-state index is 0.0231. The van der Waals surface area contributed by atoms with Crippen LogP contribution in [0, 0.1) is 10.1 Å². The highest BCUT2D eigenvalue weighted by Gasteiger charge is 2.29. The molecule has 2 heterocycles.